The third-order valence-electron chi connectivity index (χ3n) is 4.15. The lowest BCUT2D eigenvalue weighted by atomic mass is 10.1. The summed E-state index contributed by atoms with van der Waals surface area (Å²) in [5.74, 6) is 1.66. The molecule has 2 heterocycles. The van der Waals surface area contributed by atoms with Crippen LogP contribution < -0.4 is 10.6 Å². The zero-order chi connectivity index (χ0) is 15.5. The summed E-state index contributed by atoms with van der Waals surface area (Å²) in [6.07, 6.45) is 2.24. The number of aryl methyl sites for hydroxylation is 1. The summed E-state index contributed by atoms with van der Waals surface area (Å²) >= 11 is 6.08. The Morgan fingerprint density at radius 2 is 1.95 bits per heavy atom. The Hall–Kier alpha value is -1.65. The number of hydrogen-bond acceptors (Lipinski definition) is 4. The van der Waals surface area contributed by atoms with Crippen LogP contribution in [0.1, 0.15) is 24.1 Å². The maximum absolute atomic E-state index is 6.08. The van der Waals surface area contributed by atoms with E-state index in [2.05, 4.69) is 22.5 Å². The number of piperidine rings is 1. The van der Waals surface area contributed by atoms with E-state index in [4.69, 9.17) is 16.6 Å². The van der Waals surface area contributed by atoms with Crippen LogP contribution in [0.3, 0.4) is 0 Å². The Morgan fingerprint density at radius 3 is 2.68 bits per heavy atom. The molecule has 1 aromatic heterocycles. The van der Waals surface area contributed by atoms with E-state index in [0.717, 1.165) is 54.4 Å². The van der Waals surface area contributed by atoms with Gasteiger partial charge in [-0.05, 0) is 51.9 Å². The highest BCUT2D eigenvalue weighted by molar-refractivity contribution is 6.30. The normalized spacial score (nSPS) is 15.8. The Kier molecular flexibility index (Phi) is 4.60. The van der Waals surface area contributed by atoms with Crippen LogP contribution in [0.25, 0.3) is 11.4 Å². The second kappa shape index (κ2) is 6.63. The molecule has 1 aromatic carbocycles. The maximum Gasteiger partial charge on any atom is 0.161 e. The van der Waals surface area contributed by atoms with Gasteiger partial charge in [-0.1, -0.05) is 23.7 Å². The molecule has 4 nitrogen and oxygen atoms in total. The first kappa shape index (κ1) is 15.3. The minimum atomic E-state index is 0.474. The SMILES string of the molecule is Cc1nc(-c2cccc(Cl)c2)nc(NC2CCNCC2)c1C. The average molecular weight is 317 g/mol. The molecule has 0 unspecified atom stereocenters. The van der Waals surface area contributed by atoms with Crippen molar-refractivity contribution in [1.29, 1.82) is 0 Å². The van der Waals surface area contributed by atoms with Gasteiger partial charge in [0.1, 0.15) is 5.82 Å². The van der Waals surface area contributed by atoms with E-state index in [-0.39, 0.29) is 0 Å². The third kappa shape index (κ3) is 3.39. The van der Waals surface area contributed by atoms with Crippen LogP contribution in [0.2, 0.25) is 5.02 Å². The van der Waals surface area contributed by atoms with Gasteiger partial charge in [0.05, 0.1) is 0 Å². The molecule has 2 aromatic rings. The Bertz CT molecular complexity index is 666. The lowest BCUT2D eigenvalue weighted by Crippen LogP contribution is -2.35. The van der Waals surface area contributed by atoms with Crippen molar-refractivity contribution in [3.05, 3.63) is 40.5 Å². The molecule has 1 saturated heterocycles. The molecular weight excluding hydrogens is 296 g/mol. The van der Waals surface area contributed by atoms with Gasteiger partial charge in [0, 0.05) is 27.9 Å². The van der Waals surface area contributed by atoms with Crippen molar-refractivity contribution in [1.82, 2.24) is 15.3 Å². The van der Waals surface area contributed by atoms with Crippen molar-refractivity contribution < 1.29 is 0 Å². The molecule has 0 amide bonds. The highest BCUT2D eigenvalue weighted by Crippen LogP contribution is 2.25. The van der Waals surface area contributed by atoms with Gasteiger partial charge >= 0.3 is 0 Å². The summed E-state index contributed by atoms with van der Waals surface area (Å²) in [5.41, 5.74) is 3.06. The van der Waals surface area contributed by atoms with Gasteiger partial charge in [-0.15, -0.1) is 0 Å². The highest BCUT2D eigenvalue weighted by Gasteiger charge is 2.16. The van der Waals surface area contributed by atoms with Crippen molar-refractivity contribution in [2.45, 2.75) is 32.7 Å². The van der Waals surface area contributed by atoms with Gasteiger partial charge in [-0.3, -0.25) is 0 Å². The smallest absolute Gasteiger partial charge is 0.161 e. The molecule has 3 rings (SSSR count). The lowest BCUT2D eigenvalue weighted by Gasteiger charge is -2.25. The van der Waals surface area contributed by atoms with E-state index in [9.17, 15) is 0 Å². The van der Waals surface area contributed by atoms with Gasteiger partial charge in [-0.2, -0.15) is 0 Å². The average Bonchev–Trinajstić information content (AvgIpc) is 2.52. The minimum Gasteiger partial charge on any atom is -0.367 e. The molecular formula is C17H21ClN4. The molecule has 116 valence electrons. The predicted molar refractivity (Wildman–Crippen MR) is 91.5 cm³/mol. The van der Waals surface area contributed by atoms with Crippen LogP contribution in [-0.4, -0.2) is 29.1 Å². The fourth-order valence-electron chi connectivity index (χ4n) is 2.69. The molecule has 0 bridgehead atoms. The van der Waals surface area contributed by atoms with E-state index in [0.29, 0.717) is 11.1 Å². The zero-order valence-electron chi connectivity index (χ0n) is 13.0. The van der Waals surface area contributed by atoms with Crippen molar-refractivity contribution >= 4 is 17.4 Å². The first-order valence-corrected chi connectivity index (χ1v) is 8.10. The second-order valence-corrected chi connectivity index (χ2v) is 6.22. The number of hydrogen-bond donors (Lipinski definition) is 2. The van der Waals surface area contributed by atoms with E-state index in [1.165, 1.54) is 0 Å². The Morgan fingerprint density at radius 1 is 1.18 bits per heavy atom. The minimum absolute atomic E-state index is 0.474. The number of halogens is 1. The van der Waals surface area contributed by atoms with Gasteiger partial charge in [0.15, 0.2) is 5.82 Å². The molecule has 1 aliphatic heterocycles. The second-order valence-electron chi connectivity index (χ2n) is 5.79. The van der Waals surface area contributed by atoms with Crippen LogP contribution >= 0.6 is 11.6 Å². The molecule has 0 spiro atoms. The predicted octanol–water partition coefficient (Wildman–Crippen LogP) is 3.58. The third-order valence-corrected chi connectivity index (χ3v) is 4.39. The summed E-state index contributed by atoms with van der Waals surface area (Å²) in [6.45, 7) is 6.21. The lowest BCUT2D eigenvalue weighted by molar-refractivity contribution is 0.478. The van der Waals surface area contributed by atoms with Crippen LogP contribution in [0.4, 0.5) is 5.82 Å². The number of anilines is 1. The van der Waals surface area contributed by atoms with Crippen molar-refractivity contribution in [3.63, 3.8) is 0 Å². The number of aromatic nitrogens is 2. The molecule has 2 N–H and O–H groups in total. The number of benzene rings is 1. The van der Waals surface area contributed by atoms with E-state index in [1.54, 1.807) is 0 Å². The summed E-state index contributed by atoms with van der Waals surface area (Å²) in [4.78, 5) is 9.35. The molecule has 5 heteroatoms. The topological polar surface area (TPSA) is 49.8 Å². The van der Waals surface area contributed by atoms with E-state index >= 15 is 0 Å². The molecule has 1 aliphatic rings. The van der Waals surface area contributed by atoms with Crippen molar-refractivity contribution in [2.75, 3.05) is 18.4 Å². The fourth-order valence-corrected chi connectivity index (χ4v) is 2.88. The number of rotatable bonds is 3. The molecule has 1 fully saturated rings. The monoisotopic (exact) mass is 316 g/mol. The summed E-state index contributed by atoms with van der Waals surface area (Å²) < 4.78 is 0. The van der Waals surface area contributed by atoms with E-state index < -0.39 is 0 Å². The Balaban J connectivity index is 1.92. The first-order chi connectivity index (χ1) is 10.6. The van der Waals surface area contributed by atoms with Crippen LogP contribution in [0, 0.1) is 13.8 Å². The maximum atomic E-state index is 6.08. The number of nitrogens with zero attached hydrogens (tertiary/aromatic N) is 2. The summed E-state index contributed by atoms with van der Waals surface area (Å²) in [7, 11) is 0. The van der Waals surface area contributed by atoms with E-state index in [1.807, 2.05) is 31.2 Å². The van der Waals surface area contributed by atoms with Crippen molar-refractivity contribution in [2.24, 2.45) is 0 Å². The summed E-state index contributed by atoms with van der Waals surface area (Å²) in [6, 6.07) is 8.15. The molecule has 0 atom stereocenters. The first-order valence-electron chi connectivity index (χ1n) is 7.72. The van der Waals surface area contributed by atoms with Crippen LogP contribution in [-0.2, 0) is 0 Å². The fraction of sp³-hybridized carbons (Fsp3) is 0.412. The Labute approximate surface area is 136 Å². The van der Waals surface area contributed by atoms with Crippen molar-refractivity contribution in [3.8, 4) is 11.4 Å². The van der Waals surface area contributed by atoms with Gasteiger partial charge in [-0.25, -0.2) is 9.97 Å². The quantitative estimate of drug-likeness (QED) is 0.908. The molecule has 22 heavy (non-hydrogen) atoms. The van der Waals surface area contributed by atoms with Gasteiger partial charge < -0.3 is 10.6 Å². The van der Waals surface area contributed by atoms with Gasteiger partial charge in [0.2, 0.25) is 0 Å². The standard InChI is InChI=1S/C17H21ClN4/c1-11-12(2)20-17(13-4-3-5-14(18)10-13)22-16(11)21-15-6-8-19-9-7-15/h3-5,10,15,19H,6-9H2,1-2H3,(H,20,21,22). The summed E-state index contributed by atoms with van der Waals surface area (Å²) in [5, 5.41) is 7.67. The van der Waals surface area contributed by atoms with Gasteiger partial charge in [0.25, 0.3) is 0 Å². The molecule has 0 saturated carbocycles. The van der Waals surface area contributed by atoms with Crippen LogP contribution in [0.15, 0.2) is 24.3 Å². The zero-order valence-corrected chi connectivity index (χ0v) is 13.7. The molecule has 0 radical (unpaired) electrons. The molecule has 0 aliphatic carbocycles. The number of nitrogens with one attached hydrogen (secondary N) is 2. The van der Waals surface area contributed by atoms with Crippen LogP contribution in [0.5, 0.6) is 0 Å². The highest BCUT2D eigenvalue weighted by atomic mass is 35.5. The largest absolute Gasteiger partial charge is 0.367 e.